The predicted molar refractivity (Wildman–Crippen MR) is 106 cm³/mol. The van der Waals surface area contributed by atoms with Crippen molar-refractivity contribution >= 4 is 17.6 Å². The van der Waals surface area contributed by atoms with Crippen LogP contribution in [0.15, 0.2) is 24.3 Å². The third kappa shape index (κ3) is 4.36. The molecule has 1 spiro atoms. The maximum Gasteiger partial charge on any atom is 0.328 e. The number of carbonyl (C=O) groups is 2. The van der Waals surface area contributed by atoms with Gasteiger partial charge >= 0.3 is 6.03 Å². The van der Waals surface area contributed by atoms with E-state index in [2.05, 4.69) is 27.4 Å². The Bertz CT molecular complexity index is 785. The Morgan fingerprint density at radius 3 is 2.64 bits per heavy atom. The van der Waals surface area contributed by atoms with Crippen LogP contribution in [0.25, 0.3) is 0 Å². The number of ether oxygens (including phenoxy) is 1. The summed E-state index contributed by atoms with van der Waals surface area (Å²) in [6.07, 6.45) is 2.45. The second-order valence-corrected chi connectivity index (χ2v) is 7.60. The number of benzene rings is 1. The average Bonchev–Trinajstić information content (AvgIpc) is 2.70. The Labute approximate surface area is 165 Å². The smallest absolute Gasteiger partial charge is 0.328 e. The first-order chi connectivity index (χ1) is 13.6. The SMILES string of the molecule is O=C1CCN(c2ccc(C#CCN3CCOC4(CCNCC4)C3)cc2)C(=O)N1. The first-order valence-corrected chi connectivity index (χ1v) is 9.91. The molecule has 0 aliphatic carbocycles. The molecular formula is C21H26N4O3. The molecule has 2 N–H and O–H groups in total. The number of anilines is 1. The fourth-order valence-corrected chi connectivity index (χ4v) is 4.03. The molecule has 3 saturated heterocycles. The van der Waals surface area contributed by atoms with Gasteiger partial charge in [-0.3, -0.25) is 19.9 Å². The zero-order valence-corrected chi connectivity index (χ0v) is 16.0. The van der Waals surface area contributed by atoms with Crippen molar-refractivity contribution in [2.24, 2.45) is 0 Å². The minimum Gasteiger partial charge on any atom is -0.372 e. The number of rotatable bonds is 2. The highest BCUT2D eigenvalue weighted by atomic mass is 16.5. The molecule has 148 valence electrons. The van der Waals surface area contributed by atoms with Crippen molar-refractivity contribution in [1.82, 2.24) is 15.5 Å². The van der Waals surface area contributed by atoms with Gasteiger partial charge in [-0.05, 0) is 50.2 Å². The molecular weight excluding hydrogens is 356 g/mol. The van der Waals surface area contributed by atoms with Gasteiger partial charge in [-0.15, -0.1) is 0 Å². The molecule has 3 heterocycles. The van der Waals surface area contributed by atoms with Gasteiger partial charge in [-0.1, -0.05) is 11.8 Å². The van der Waals surface area contributed by atoms with E-state index >= 15 is 0 Å². The number of piperidine rings is 1. The molecule has 0 radical (unpaired) electrons. The van der Waals surface area contributed by atoms with E-state index in [4.69, 9.17) is 4.74 Å². The van der Waals surface area contributed by atoms with Crippen LogP contribution in [-0.2, 0) is 9.53 Å². The third-order valence-electron chi connectivity index (χ3n) is 5.61. The van der Waals surface area contributed by atoms with E-state index < -0.39 is 0 Å². The highest BCUT2D eigenvalue weighted by Crippen LogP contribution is 2.27. The molecule has 0 atom stereocenters. The maximum absolute atomic E-state index is 11.9. The Morgan fingerprint density at radius 2 is 1.89 bits per heavy atom. The number of nitrogens with zero attached hydrogens (tertiary/aromatic N) is 2. The molecule has 28 heavy (non-hydrogen) atoms. The summed E-state index contributed by atoms with van der Waals surface area (Å²) in [5.74, 6) is 6.26. The lowest BCUT2D eigenvalue weighted by Gasteiger charge is -2.44. The van der Waals surface area contributed by atoms with Crippen molar-refractivity contribution in [3.8, 4) is 11.8 Å². The summed E-state index contributed by atoms with van der Waals surface area (Å²) in [6.45, 7) is 5.83. The van der Waals surface area contributed by atoms with Gasteiger partial charge in [0.15, 0.2) is 0 Å². The summed E-state index contributed by atoms with van der Waals surface area (Å²) in [7, 11) is 0. The van der Waals surface area contributed by atoms with Crippen molar-refractivity contribution < 1.29 is 14.3 Å². The monoisotopic (exact) mass is 382 g/mol. The molecule has 7 nitrogen and oxygen atoms in total. The molecule has 3 amide bonds. The van der Waals surface area contributed by atoms with Crippen LogP contribution in [0.2, 0.25) is 0 Å². The van der Waals surface area contributed by atoms with Gasteiger partial charge in [0, 0.05) is 37.3 Å². The summed E-state index contributed by atoms with van der Waals surface area (Å²) in [6, 6.07) is 7.21. The zero-order valence-electron chi connectivity index (χ0n) is 16.0. The highest BCUT2D eigenvalue weighted by Gasteiger charge is 2.37. The lowest BCUT2D eigenvalue weighted by molar-refractivity contribution is -0.120. The van der Waals surface area contributed by atoms with Gasteiger partial charge in [0.25, 0.3) is 0 Å². The molecule has 1 aromatic carbocycles. The third-order valence-corrected chi connectivity index (χ3v) is 5.61. The topological polar surface area (TPSA) is 73.9 Å². The van der Waals surface area contributed by atoms with E-state index in [9.17, 15) is 9.59 Å². The minimum atomic E-state index is -0.366. The van der Waals surface area contributed by atoms with E-state index in [-0.39, 0.29) is 17.5 Å². The van der Waals surface area contributed by atoms with Gasteiger partial charge in [-0.2, -0.15) is 0 Å². The number of imide groups is 1. The van der Waals surface area contributed by atoms with Crippen molar-refractivity contribution in [1.29, 1.82) is 0 Å². The fourth-order valence-electron chi connectivity index (χ4n) is 4.03. The molecule has 0 aromatic heterocycles. The summed E-state index contributed by atoms with van der Waals surface area (Å²) in [5, 5.41) is 5.74. The largest absolute Gasteiger partial charge is 0.372 e. The Morgan fingerprint density at radius 1 is 1.11 bits per heavy atom. The molecule has 1 aromatic rings. The van der Waals surface area contributed by atoms with E-state index in [0.717, 1.165) is 63.4 Å². The van der Waals surface area contributed by atoms with Crippen molar-refractivity contribution in [2.45, 2.75) is 24.9 Å². The van der Waals surface area contributed by atoms with Crippen LogP contribution in [0.5, 0.6) is 0 Å². The molecule has 0 bridgehead atoms. The van der Waals surface area contributed by atoms with Crippen LogP contribution in [0.1, 0.15) is 24.8 Å². The quantitative estimate of drug-likeness (QED) is 0.745. The number of hydrogen-bond donors (Lipinski definition) is 2. The van der Waals surface area contributed by atoms with Gasteiger partial charge in [0.1, 0.15) is 0 Å². The van der Waals surface area contributed by atoms with Crippen molar-refractivity contribution in [2.75, 3.05) is 50.8 Å². The summed E-state index contributed by atoms with van der Waals surface area (Å²) >= 11 is 0. The molecule has 0 saturated carbocycles. The lowest BCUT2D eigenvalue weighted by atomic mass is 9.90. The molecule has 4 rings (SSSR count). The van der Waals surface area contributed by atoms with E-state index in [0.29, 0.717) is 13.0 Å². The van der Waals surface area contributed by atoms with E-state index in [1.54, 1.807) is 4.90 Å². The van der Waals surface area contributed by atoms with E-state index in [1.165, 1.54) is 0 Å². The van der Waals surface area contributed by atoms with Crippen LogP contribution in [-0.4, -0.2) is 68.3 Å². The molecule has 0 unspecified atom stereocenters. The molecule has 3 aliphatic rings. The fraction of sp³-hybridized carbons (Fsp3) is 0.524. The molecule has 7 heteroatoms. The number of morpholine rings is 1. The van der Waals surface area contributed by atoms with Crippen LogP contribution in [0.4, 0.5) is 10.5 Å². The predicted octanol–water partition coefficient (Wildman–Crippen LogP) is 0.939. The zero-order chi connectivity index (χ0) is 19.4. The Balaban J connectivity index is 1.33. The van der Waals surface area contributed by atoms with Crippen LogP contribution >= 0.6 is 0 Å². The number of nitrogens with one attached hydrogen (secondary N) is 2. The Kier molecular flexibility index (Phi) is 5.62. The normalized spacial score (nSPS) is 22.5. The van der Waals surface area contributed by atoms with Gasteiger partial charge in [0.2, 0.25) is 5.91 Å². The standard InChI is InChI=1S/C21H26N4O3/c26-19-7-13-25(20(27)23-19)18-5-3-17(4-6-18)2-1-12-24-14-15-28-21(16-24)8-10-22-11-9-21/h3-6,22H,7-16H2,(H,23,26,27). The highest BCUT2D eigenvalue weighted by molar-refractivity contribution is 6.05. The first kappa shape index (κ1) is 18.9. The van der Waals surface area contributed by atoms with Gasteiger partial charge < -0.3 is 10.1 Å². The second-order valence-electron chi connectivity index (χ2n) is 7.60. The summed E-state index contributed by atoms with van der Waals surface area (Å²) in [4.78, 5) is 27.1. The van der Waals surface area contributed by atoms with Crippen molar-refractivity contribution in [3.05, 3.63) is 29.8 Å². The van der Waals surface area contributed by atoms with Crippen LogP contribution < -0.4 is 15.5 Å². The Hall–Kier alpha value is -2.40. The number of carbonyl (C=O) groups excluding carboxylic acids is 2. The van der Waals surface area contributed by atoms with Crippen LogP contribution in [0, 0.1) is 11.8 Å². The van der Waals surface area contributed by atoms with Crippen molar-refractivity contribution in [3.63, 3.8) is 0 Å². The minimum absolute atomic E-state index is 0.00320. The summed E-state index contributed by atoms with van der Waals surface area (Å²) in [5.41, 5.74) is 1.70. The van der Waals surface area contributed by atoms with Gasteiger partial charge in [-0.25, -0.2) is 4.79 Å². The molecule has 3 fully saturated rings. The van der Waals surface area contributed by atoms with E-state index in [1.807, 2.05) is 24.3 Å². The number of amides is 3. The average molecular weight is 382 g/mol. The molecule has 3 aliphatic heterocycles. The maximum atomic E-state index is 11.9. The second kappa shape index (κ2) is 8.31. The summed E-state index contributed by atoms with van der Waals surface area (Å²) < 4.78 is 6.10. The lowest BCUT2D eigenvalue weighted by Crippen LogP contribution is -2.56. The first-order valence-electron chi connectivity index (χ1n) is 9.91. The van der Waals surface area contributed by atoms with Crippen LogP contribution in [0.3, 0.4) is 0 Å². The number of urea groups is 1. The number of hydrogen-bond acceptors (Lipinski definition) is 5. The van der Waals surface area contributed by atoms with Gasteiger partial charge in [0.05, 0.1) is 18.8 Å².